The minimum atomic E-state index is -0.259. The normalized spacial score (nSPS) is 9.53. The number of aromatic nitrogens is 1. The third kappa shape index (κ3) is 3.76. The zero-order valence-electron chi connectivity index (χ0n) is 10.2. The largest absolute Gasteiger partial charge is 0.469 e. The molecule has 0 amide bonds. The van der Waals surface area contributed by atoms with Gasteiger partial charge in [-0.25, -0.2) is 4.98 Å². The molecule has 90 valence electrons. The summed E-state index contributed by atoms with van der Waals surface area (Å²) in [6.45, 7) is 2.34. The van der Waals surface area contributed by atoms with Gasteiger partial charge in [0.05, 0.1) is 25.2 Å². The molecule has 1 heterocycles. The highest BCUT2D eigenvalue weighted by atomic mass is 16.5. The molecule has 5 heteroatoms. The summed E-state index contributed by atoms with van der Waals surface area (Å²) in [7, 11) is 3.19. The maximum absolute atomic E-state index is 11.0. The summed E-state index contributed by atoms with van der Waals surface area (Å²) in [5, 5.41) is 8.85. The fraction of sp³-hybridized carbons (Fsp3) is 0.417. The van der Waals surface area contributed by atoms with E-state index in [4.69, 9.17) is 5.26 Å². The van der Waals surface area contributed by atoms with Crippen molar-refractivity contribution in [1.82, 2.24) is 4.98 Å². The Balaban J connectivity index is 2.75. The molecule has 1 aromatic rings. The van der Waals surface area contributed by atoms with Gasteiger partial charge in [0.15, 0.2) is 0 Å². The maximum Gasteiger partial charge on any atom is 0.307 e. The van der Waals surface area contributed by atoms with E-state index >= 15 is 0 Å². The summed E-state index contributed by atoms with van der Waals surface area (Å²) >= 11 is 0. The molecule has 1 aromatic heterocycles. The Kier molecular flexibility index (Phi) is 4.46. The van der Waals surface area contributed by atoms with Crippen LogP contribution in [0.25, 0.3) is 0 Å². The number of anilines is 1. The first-order chi connectivity index (χ1) is 8.06. The van der Waals surface area contributed by atoms with Crippen LogP contribution >= 0.6 is 0 Å². The average molecular weight is 233 g/mol. The molecule has 0 saturated heterocycles. The van der Waals surface area contributed by atoms with E-state index in [1.165, 1.54) is 7.11 Å². The Bertz CT molecular complexity index is 452. The molecule has 0 bridgehead atoms. The van der Waals surface area contributed by atoms with Crippen LogP contribution in [0.2, 0.25) is 0 Å². The number of ether oxygens (including phenoxy) is 1. The minimum absolute atomic E-state index is 0.259. The van der Waals surface area contributed by atoms with Gasteiger partial charge in [-0.05, 0) is 19.1 Å². The van der Waals surface area contributed by atoms with Crippen molar-refractivity contribution in [2.45, 2.75) is 13.3 Å². The lowest BCUT2D eigenvalue weighted by Gasteiger charge is -2.18. The van der Waals surface area contributed by atoms with Crippen molar-refractivity contribution in [3.63, 3.8) is 0 Å². The van der Waals surface area contributed by atoms with E-state index in [1.54, 1.807) is 12.1 Å². The van der Waals surface area contributed by atoms with Crippen LogP contribution < -0.4 is 4.90 Å². The maximum atomic E-state index is 11.0. The molecule has 0 spiro atoms. The molecular weight excluding hydrogens is 218 g/mol. The second-order valence-electron chi connectivity index (χ2n) is 3.71. The summed E-state index contributed by atoms with van der Waals surface area (Å²) in [5.41, 5.74) is 1.35. The Labute approximate surface area is 101 Å². The minimum Gasteiger partial charge on any atom is -0.469 e. The smallest absolute Gasteiger partial charge is 0.307 e. The first-order valence-electron chi connectivity index (χ1n) is 5.23. The molecule has 5 nitrogen and oxygen atoms in total. The van der Waals surface area contributed by atoms with E-state index < -0.39 is 0 Å². The van der Waals surface area contributed by atoms with Gasteiger partial charge in [0.2, 0.25) is 0 Å². The number of aryl methyl sites for hydroxylation is 1. The second kappa shape index (κ2) is 5.85. The van der Waals surface area contributed by atoms with Gasteiger partial charge in [0, 0.05) is 19.3 Å². The molecule has 0 fully saturated rings. The molecule has 0 aliphatic carbocycles. The van der Waals surface area contributed by atoms with E-state index in [1.807, 2.05) is 18.9 Å². The van der Waals surface area contributed by atoms with Gasteiger partial charge < -0.3 is 9.64 Å². The highest BCUT2D eigenvalue weighted by Gasteiger charge is 2.08. The van der Waals surface area contributed by atoms with Crippen molar-refractivity contribution in [3.05, 3.63) is 23.4 Å². The number of carbonyl (C=O) groups excluding carboxylic acids is 1. The molecular formula is C12H15N3O2. The van der Waals surface area contributed by atoms with E-state index in [0.717, 1.165) is 5.69 Å². The summed E-state index contributed by atoms with van der Waals surface area (Å²) in [6, 6.07) is 5.50. The van der Waals surface area contributed by atoms with Crippen LogP contribution in [0.3, 0.4) is 0 Å². The predicted molar refractivity (Wildman–Crippen MR) is 63.6 cm³/mol. The first-order valence-corrected chi connectivity index (χ1v) is 5.23. The molecule has 0 aliphatic rings. The van der Waals surface area contributed by atoms with Crippen molar-refractivity contribution >= 4 is 11.8 Å². The van der Waals surface area contributed by atoms with Gasteiger partial charge in [-0.15, -0.1) is 0 Å². The zero-order chi connectivity index (χ0) is 12.8. The third-order valence-corrected chi connectivity index (χ3v) is 2.34. The zero-order valence-corrected chi connectivity index (χ0v) is 10.2. The Hall–Kier alpha value is -2.09. The quantitative estimate of drug-likeness (QED) is 0.732. The summed E-state index contributed by atoms with van der Waals surface area (Å²) in [4.78, 5) is 17.1. The standard InChI is InChI=1S/C12H15N3O2/c1-9-6-10(8-13)7-11(14-9)15(2)5-4-12(16)17-3/h6-7H,4-5H2,1-3H3. The molecule has 0 unspecified atom stereocenters. The predicted octanol–water partition coefficient (Wildman–Crippen LogP) is 1.26. The van der Waals surface area contributed by atoms with Crippen molar-refractivity contribution in [2.75, 3.05) is 25.6 Å². The fourth-order valence-corrected chi connectivity index (χ4v) is 1.39. The van der Waals surface area contributed by atoms with E-state index in [9.17, 15) is 4.79 Å². The number of rotatable bonds is 4. The van der Waals surface area contributed by atoms with Crippen LogP contribution in [-0.2, 0) is 9.53 Å². The molecule has 0 atom stereocenters. The monoisotopic (exact) mass is 233 g/mol. The number of carbonyl (C=O) groups is 1. The molecule has 0 radical (unpaired) electrons. The number of esters is 1. The van der Waals surface area contributed by atoms with Crippen LogP contribution in [0, 0.1) is 18.3 Å². The molecule has 17 heavy (non-hydrogen) atoms. The summed E-state index contributed by atoms with van der Waals surface area (Å²) in [6.07, 6.45) is 0.296. The van der Waals surface area contributed by atoms with Gasteiger partial charge >= 0.3 is 5.97 Å². The molecule has 0 N–H and O–H groups in total. The van der Waals surface area contributed by atoms with Crippen LogP contribution in [-0.4, -0.2) is 31.7 Å². The Morgan fingerprint density at radius 1 is 1.59 bits per heavy atom. The number of nitrogens with zero attached hydrogens (tertiary/aromatic N) is 3. The molecule has 0 aliphatic heterocycles. The van der Waals surface area contributed by atoms with Crippen molar-refractivity contribution in [2.24, 2.45) is 0 Å². The lowest BCUT2D eigenvalue weighted by atomic mass is 10.2. The van der Waals surface area contributed by atoms with Gasteiger partial charge in [0.25, 0.3) is 0 Å². The Morgan fingerprint density at radius 3 is 2.88 bits per heavy atom. The topological polar surface area (TPSA) is 66.2 Å². The number of hydrogen-bond acceptors (Lipinski definition) is 5. The lowest BCUT2D eigenvalue weighted by Crippen LogP contribution is -2.22. The number of hydrogen-bond donors (Lipinski definition) is 0. The average Bonchev–Trinajstić information content (AvgIpc) is 2.34. The third-order valence-electron chi connectivity index (χ3n) is 2.34. The van der Waals surface area contributed by atoms with E-state index in [-0.39, 0.29) is 5.97 Å². The van der Waals surface area contributed by atoms with Crippen LogP contribution in [0.4, 0.5) is 5.82 Å². The van der Waals surface area contributed by atoms with Crippen LogP contribution in [0.15, 0.2) is 12.1 Å². The van der Waals surface area contributed by atoms with Gasteiger partial charge in [-0.1, -0.05) is 0 Å². The van der Waals surface area contributed by atoms with Gasteiger partial charge in [-0.2, -0.15) is 5.26 Å². The van der Waals surface area contributed by atoms with Gasteiger partial charge in [-0.3, -0.25) is 4.79 Å². The van der Waals surface area contributed by atoms with Crippen molar-refractivity contribution in [3.8, 4) is 6.07 Å². The molecule has 1 rings (SSSR count). The first kappa shape index (κ1) is 13.0. The number of nitriles is 1. The fourth-order valence-electron chi connectivity index (χ4n) is 1.39. The SMILES string of the molecule is COC(=O)CCN(C)c1cc(C#N)cc(C)n1. The number of methoxy groups -OCH3 is 1. The van der Waals surface area contributed by atoms with Crippen molar-refractivity contribution in [1.29, 1.82) is 5.26 Å². The highest BCUT2D eigenvalue weighted by molar-refractivity contribution is 5.69. The van der Waals surface area contributed by atoms with E-state index in [0.29, 0.717) is 24.3 Å². The number of pyridine rings is 1. The Morgan fingerprint density at radius 2 is 2.29 bits per heavy atom. The molecule has 0 aromatic carbocycles. The summed E-state index contributed by atoms with van der Waals surface area (Å²) < 4.78 is 4.57. The van der Waals surface area contributed by atoms with Crippen LogP contribution in [0.5, 0.6) is 0 Å². The van der Waals surface area contributed by atoms with Crippen molar-refractivity contribution < 1.29 is 9.53 Å². The highest BCUT2D eigenvalue weighted by Crippen LogP contribution is 2.13. The summed E-state index contributed by atoms with van der Waals surface area (Å²) in [5.74, 6) is 0.426. The van der Waals surface area contributed by atoms with Crippen LogP contribution in [0.1, 0.15) is 17.7 Å². The van der Waals surface area contributed by atoms with Gasteiger partial charge in [0.1, 0.15) is 5.82 Å². The van der Waals surface area contributed by atoms with E-state index in [2.05, 4.69) is 15.8 Å². The second-order valence-corrected chi connectivity index (χ2v) is 3.71. The molecule has 0 saturated carbocycles. The lowest BCUT2D eigenvalue weighted by molar-refractivity contribution is -0.140.